The first-order chi connectivity index (χ1) is 8.52. The van der Waals surface area contributed by atoms with Gasteiger partial charge in [-0.15, -0.1) is 0 Å². The fourth-order valence-corrected chi connectivity index (χ4v) is 2.50. The van der Waals surface area contributed by atoms with Crippen LogP contribution >= 0.6 is 0 Å². The molecule has 0 radical (unpaired) electrons. The lowest BCUT2D eigenvalue weighted by molar-refractivity contribution is -0.114. The first-order valence-electron chi connectivity index (χ1n) is 7.04. The highest BCUT2D eigenvalue weighted by atomic mass is 16.5. The third-order valence-corrected chi connectivity index (χ3v) is 4.11. The summed E-state index contributed by atoms with van der Waals surface area (Å²) in [5, 5.41) is 3.64. The van der Waals surface area contributed by atoms with Crippen molar-refractivity contribution >= 4 is 0 Å². The molecular weight excluding hydrogens is 228 g/mol. The number of hydrogen-bond acceptors (Lipinski definition) is 4. The number of nitrogens with zero attached hydrogens (tertiary/aromatic N) is 1. The summed E-state index contributed by atoms with van der Waals surface area (Å²) in [5.74, 6) is 0. The largest absolute Gasteiger partial charge is 0.383 e. The van der Waals surface area contributed by atoms with E-state index in [1.165, 1.54) is 0 Å². The highest BCUT2D eigenvalue weighted by Gasteiger charge is 2.48. The zero-order chi connectivity index (χ0) is 13.6. The predicted molar refractivity (Wildman–Crippen MR) is 75.0 cm³/mol. The maximum atomic E-state index is 5.74. The lowest BCUT2D eigenvalue weighted by atomic mass is 9.64. The van der Waals surface area contributed by atoms with Gasteiger partial charge in [-0.3, -0.25) is 0 Å². The molecule has 108 valence electrons. The maximum absolute atomic E-state index is 5.74. The van der Waals surface area contributed by atoms with E-state index in [9.17, 15) is 0 Å². The average Bonchev–Trinajstić information content (AvgIpc) is 2.34. The van der Waals surface area contributed by atoms with Crippen LogP contribution in [0.2, 0.25) is 0 Å². The molecule has 0 amide bonds. The molecule has 0 aliphatic heterocycles. The zero-order valence-electron chi connectivity index (χ0n) is 12.7. The SMILES string of the molecule is CCOC1CC(NCCN(C)CCOC)C1(C)C. The van der Waals surface area contributed by atoms with Crippen LogP contribution in [-0.2, 0) is 9.47 Å². The summed E-state index contributed by atoms with van der Waals surface area (Å²) < 4.78 is 10.8. The normalized spacial score (nSPS) is 26.3. The molecule has 0 heterocycles. The minimum absolute atomic E-state index is 0.265. The van der Waals surface area contributed by atoms with Crippen LogP contribution in [0.25, 0.3) is 0 Å². The topological polar surface area (TPSA) is 33.7 Å². The molecule has 1 N–H and O–H groups in total. The summed E-state index contributed by atoms with van der Waals surface area (Å²) in [6.07, 6.45) is 1.56. The van der Waals surface area contributed by atoms with Crippen molar-refractivity contribution in [2.24, 2.45) is 5.41 Å². The van der Waals surface area contributed by atoms with Crippen molar-refractivity contribution < 1.29 is 9.47 Å². The summed E-state index contributed by atoms with van der Waals surface area (Å²) in [5.41, 5.74) is 0.265. The van der Waals surface area contributed by atoms with Gasteiger partial charge < -0.3 is 19.7 Å². The van der Waals surface area contributed by atoms with Gasteiger partial charge >= 0.3 is 0 Å². The first-order valence-corrected chi connectivity index (χ1v) is 7.04. The molecular formula is C14H30N2O2. The molecule has 1 fully saturated rings. The van der Waals surface area contributed by atoms with Crippen molar-refractivity contribution in [1.82, 2.24) is 10.2 Å². The van der Waals surface area contributed by atoms with Gasteiger partial charge in [-0.05, 0) is 20.4 Å². The van der Waals surface area contributed by atoms with Gasteiger partial charge in [0.15, 0.2) is 0 Å². The molecule has 0 bridgehead atoms. The lowest BCUT2D eigenvalue weighted by Crippen LogP contribution is -2.61. The number of ether oxygens (including phenoxy) is 2. The molecule has 1 aliphatic carbocycles. The zero-order valence-corrected chi connectivity index (χ0v) is 12.7. The Morgan fingerprint density at radius 2 is 2.06 bits per heavy atom. The Kier molecular flexibility index (Phi) is 6.57. The van der Waals surface area contributed by atoms with Gasteiger partial charge in [-0.1, -0.05) is 13.8 Å². The first kappa shape index (κ1) is 15.9. The van der Waals surface area contributed by atoms with Crippen molar-refractivity contribution in [2.45, 2.75) is 39.3 Å². The molecule has 0 saturated heterocycles. The molecule has 4 nitrogen and oxygen atoms in total. The second-order valence-corrected chi connectivity index (χ2v) is 5.80. The fraction of sp³-hybridized carbons (Fsp3) is 1.00. The van der Waals surface area contributed by atoms with Crippen LogP contribution in [0.5, 0.6) is 0 Å². The van der Waals surface area contributed by atoms with E-state index in [4.69, 9.17) is 9.47 Å². The number of hydrogen-bond donors (Lipinski definition) is 1. The van der Waals surface area contributed by atoms with Crippen molar-refractivity contribution in [1.29, 1.82) is 0 Å². The van der Waals surface area contributed by atoms with E-state index in [1.54, 1.807) is 7.11 Å². The molecule has 1 aliphatic rings. The van der Waals surface area contributed by atoms with E-state index < -0.39 is 0 Å². The summed E-state index contributed by atoms with van der Waals surface area (Å²) >= 11 is 0. The Bertz CT molecular complexity index is 234. The highest BCUT2D eigenvalue weighted by molar-refractivity contribution is 5.02. The van der Waals surface area contributed by atoms with Crippen molar-refractivity contribution in [3.63, 3.8) is 0 Å². The summed E-state index contributed by atoms with van der Waals surface area (Å²) in [7, 11) is 3.88. The van der Waals surface area contributed by atoms with E-state index in [2.05, 4.69) is 38.0 Å². The van der Waals surface area contributed by atoms with E-state index in [1.807, 2.05) is 0 Å². The van der Waals surface area contributed by atoms with Gasteiger partial charge in [0, 0.05) is 44.8 Å². The third-order valence-electron chi connectivity index (χ3n) is 4.11. The van der Waals surface area contributed by atoms with Gasteiger partial charge in [0.25, 0.3) is 0 Å². The monoisotopic (exact) mass is 258 g/mol. The van der Waals surface area contributed by atoms with Crippen LogP contribution < -0.4 is 5.32 Å². The van der Waals surface area contributed by atoms with Gasteiger partial charge in [-0.2, -0.15) is 0 Å². The Hall–Kier alpha value is -0.160. The summed E-state index contributed by atoms with van der Waals surface area (Å²) in [6, 6.07) is 0.588. The second kappa shape index (κ2) is 7.43. The van der Waals surface area contributed by atoms with Gasteiger partial charge in [0.05, 0.1) is 12.7 Å². The second-order valence-electron chi connectivity index (χ2n) is 5.80. The molecule has 0 aromatic carbocycles. The van der Waals surface area contributed by atoms with E-state index in [0.717, 1.165) is 39.3 Å². The molecule has 1 saturated carbocycles. The smallest absolute Gasteiger partial charge is 0.0655 e. The molecule has 2 atom stereocenters. The minimum atomic E-state index is 0.265. The number of nitrogens with one attached hydrogen (secondary N) is 1. The van der Waals surface area contributed by atoms with Gasteiger partial charge in [0.1, 0.15) is 0 Å². The Balaban J connectivity index is 2.14. The van der Waals surface area contributed by atoms with Crippen LogP contribution in [0.1, 0.15) is 27.2 Å². The summed E-state index contributed by atoms with van der Waals surface area (Å²) in [6.45, 7) is 11.4. The Labute approximate surface area is 112 Å². The number of rotatable bonds is 9. The molecule has 0 aromatic heterocycles. The van der Waals surface area contributed by atoms with Gasteiger partial charge in [0.2, 0.25) is 0 Å². The lowest BCUT2D eigenvalue weighted by Gasteiger charge is -2.52. The third kappa shape index (κ3) is 4.19. The van der Waals surface area contributed by atoms with Crippen molar-refractivity contribution in [3.8, 4) is 0 Å². The standard InChI is InChI=1S/C14H30N2O2/c1-6-18-13-11-12(14(13,2)3)15-7-8-16(4)9-10-17-5/h12-13,15H,6-11H2,1-5H3. The van der Waals surface area contributed by atoms with Crippen molar-refractivity contribution in [2.75, 3.05) is 47.0 Å². The molecule has 0 aromatic rings. The van der Waals surface area contributed by atoms with E-state index in [-0.39, 0.29) is 5.41 Å². The molecule has 18 heavy (non-hydrogen) atoms. The fourth-order valence-electron chi connectivity index (χ4n) is 2.50. The average molecular weight is 258 g/mol. The quantitative estimate of drug-likeness (QED) is 0.677. The maximum Gasteiger partial charge on any atom is 0.0655 e. The molecule has 4 heteroatoms. The number of likely N-dealkylation sites (N-methyl/N-ethyl adjacent to an activating group) is 1. The van der Waals surface area contributed by atoms with Crippen LogP contribution in [0.15, 0.2) is 0 Å². The molecule has 2 unspecified atom stereocenters. The Morgan fingerprint density at radius 3 is 2.61 bits per heavy atom. The Morgan fingerprint density at radius 1 is 1.33 bits per heavy atom. The molecule has 0 spiro atoms. The molecule has 1 rings (SSSR count). The highest BCUT2D eigenvalue weighted by Crippen LogP contribution is 2.42. The number of methoxy groups -OCH3 is 1. The van der Waals surface area contributed by atoms with Crippen molar-refractivity contribution in [3.05, 3.63) is 0 Å². The van der Waals surface area contributed by atoms with E-state index in [0.29, 0.717) is 12.1 Å². The van der Waals surface area contributed by atoms with Crippen LogP contribution in [0.4, 0.5) is 0 Å². The van der Waals surface area contributed by atoms with Crippen LogP contribution in [-0.4, -0.2) is 64.1 Å². The van der Waals surface area contributed by atoms with E-state index >= 15 is 0 Å². The van der Waals surface area contributed by atoms with Crippen LogP contribution in [0, 0.1) is 5.41 Å². The van der Waals surface area contributed by atoms with Crippen LogP contribution in [0.3, 0.4) is 0 Å². The predicted octanol–water partition coefficient (Wildman–Crippen LogP) is 1.36. The minimum Gasteiger partial charge on any atom is -0.383 e. The van der Waals surface area contributed by atoms with Gasteiger partial charge in [-0.25, -0.2) is 0 Å². The summed E-state index contributed by atoms with van der Waals surface area (Å²) in [4.78, 5) is 2.29.